The number of allylic oxidation sites excluding steroid dienone is 1. The maximum absolute atomic E-state index is 13.6. The predicted molar refractivity (Wildman–Crippen MR) is 99.1 cm³/mol. The van der Waals surface area contributed by atoms with E-state index < -0.39 is 5.82 Å². The number of hydrogen-bond donors (Lipinski definition) is 0. The van der Waals surface area contributed by atoms with Crippen LogP contribution in [0.2, 0.25) is 0 Å². The number of aromatic nitrogens is 1. The van der Waals surface area contributed by atoms with E-state index in [2.05, 4.69) is 25.4 Å². The SMILES string of the molecule is C=C(c1ccc2nc(-c3ccc(F)c(OC)c3)oc2c1)C(CC)CC. The van der Waals surface area contributed by atoms with Crippen LogP contribution in [0.3, 0.4) is 0 Å². The minimum Gasteiger partial charge on any atom is -0.494 e. The van der Waals surface area contributed by atoms with E-state index >= 15 is 0 Å². The highest BCUT2D eigenvalue weighted by Crippen LogP contribution is 2.32. The van der Waals surface area contributed by atoms with Crippen molar-refractivity contribution in [1.29, 1.82) is 0 Å². The topological polar surface area (TPSA) is 35.3 Å². The lowest BCUT2D eigenvalue weighted by atomic mass is 9.90. The van der Waals surface area contributed by atoms with E-state index in [1.54, 1.807) is 12.1 Å². The minimum atomic E-state index is -0.411. The third-order valence-electron chi connectivity index (χ3n) is 4.64. The smallest absolute Gasteiger partial charge is 0.227 e. The number of hydrogen-bond acceptors (Lipinski definition) is 3. The molecule has 130 valence electrons. The molecule has 0 radical (unpaired) electrons. The van der Waals surface area contributed by atoms with E-state index in [0.717, 1.165) is 29.5 Å². The Labute approximate surface area is 147 Å². The van der Waals surface area contributed by atoms with Crippen LogP contribution in [0.25, 0.3) is 28.1 Å². The largest absolute Gasteiger partial charge is 0.494 e. The Bertz CT molecular complexity index is 909. The van der Waals surface area contributed by atoms with Gasteiger partial charge in [0, 0.05) is 5.56 Å². The van der Waals surface area contributed by atoms with Crippen LogP contribution in [0.1, 0.15) is 32.3 Å². The van der Waals surface area contributed by atoms with Crippen LogP contribution in [0.15, 0.2) is 47.4 Å². The van der Waals surface area contributed by atoms with Crippen molar-refractivity contribution in [3.63, 3.8) is 0 Å². The molecular weight excluding hydrogens is 317 g/mol. The second kappa shape index (κ2) is 7.09. The van der Waals surface area contributed by atoms with Gasteiger partial charge < -0.3 is 9.15 Å². The number of nitrogens with zero attached hydrogens (tertiary/aromatic N) is 1. The third-order valence-corrected chi connectivity index (χ3v) is 4.64. The molecule has 25 heavy (non-hydrogen) atoms. The maximum atomic E-state index is 13.6. The van der Waals surface area contributed by atoms with Crippen LogP contribution < -0.4 is 4.74 Å². The van der Waals surface area contributed by atoms with E-state index in [1.165, 1.54) is 13.2 Å². The summed E-state index contributed by atoms with van der Waals surface area (Å²) in [5.41, 5.74) is 4.32. The van der Waals surface area contributed by atoms with Gasteiger partial charge in [-0.1, -0.05) is 26.5 Å². The molecule has 0 atom stereocenters. The van der Waals surface area contributed by atoms with Crippen molar-refractivity contribution in [2.24, 2.45) is 5.92 Å². The zero-order valence-corrected chi connectivity index (χ0v) is 14.8. The van der Waals surface area contributed by atoms with Gasteiger partial charge in [0.15, 0.2) is 17.1 Å². The Morgan fingerprint density at radius 2 is 1.96 bits per heavy atom. The van der Waals surface area contributed by atoms with Gasteiger partial charge in [-0.2, -0.15) is 0 Å². The van der Waals surface area contributed by atoms with Crippen LogP contribution in [-0.4, -0.2) is 12.1 Å². The molecule has 3 rings (SSSR count). The average Bonchev–Trinajstić information content (AvgIpc) is 3.06. The first-order valence-electron chi connectivity index (χ1n) is 8.51. The lowest BCUT2D eigenvalue weighted by Crippen LogP contribution is -1.99. The van der Waals surface area contributed by atoms with Gasteiger partial charge in [-0.15, -0.1) is 0 Å². The molecule has 0 N–H and O–H groups in total. The van der Waals surface area contributed by atoms with Crippen LogP contribution in [0, 0.1) is 11.7 Å². The molecule has 0 aliphatic rings. The molecule has 0 saturated carbocycles. The summed E-state index contributed by atoms with van der Waals surface area (Å²) in [7, 11) is 1.43. The van der Waals surface area contributed by atoms with Crippen molar-refractivity contribution < 1.29 is 13.5 Å². The van der Waals surface area contributed by atoms with E-state index in [0.29, 0.717) is 23.0 Å². The molecule has 0 spiro atoms. The quantitative estimate of drug-likeness (QED) is 0.545. The number of oxazole rings is 1. The number of halogens is 1. The zero-order valence-electron chi connectivity index (χ0n) is 14.8. The molecule has 2 aromatic carbocycles. The standard InChI is InChI=1S/C21H22FNO2/c1-5-14(6-2)13(3)15-8-10-18-20(11-15)25-21(23-18)16-7-9-17(22)19(12-16)24-4/h7-12,14H,3,5-6H2,1-2,4H3. The number of benzene rings is 2. The van der Waals surface area contributed by atoms with Gasteiger partial charge >= 0.3 is 0 Å². The van der Waals surface area contributed by atoms with Gasteiger partial charge in [0.1, 0.15) is 5.52 Å². The number of ether oxygens (including phenoxy) is 1. The van der Waals surface area contributed by atoms with Crippen LogP contribution in [0.5, 0.6) is 5.75 Å². The molecule has 1 aromatic heterocycles. The van der Waals surface area contributed by atoms with E-state index in [4.69, 9.17) is 9.15 Å². The normalized spacial score (nSPS) is 11.2. The highest BCUT2D eigenvalue weighted by atomic mass is 19.1. The number of fused-ring (bicyclic) bond motifs is 1. The molecular formula is C21H22FNO2. The second-order valence-corrected chi connectivity index (χ2v) is 6.09. The fourth-order valence-electron chi connectivity index (χ4n) is 3.06. The predicted octanol–water partition coefficient (Wildman–Crippen LogP) is 6.09. The van der Waals surface area contributed by atoms with Crippen LogP contribution >= 0.6 is 0 Å². The van der Waals surface area contributed by atoms with Crippen molar-refractivity contribution in [3.05, 3.63) is 54.4 Å². The summed E-state index contributed by atoms with van der Waals surface area (Å²) in [5.74, 6) is 0.661. The summed E-state index contributed by atoms with van der Waals surface area (Å²) >= 11 is 0. The Balaban J connectivity index is 1.99. The Morgan fingerprint density at radius 1 is 1.20 bits per heavy atom. The summed E-state index contributed by atoms with van der Waals surface area (Å²) in [4.78, 5) is 4.50. The van der Waals surface area contributed by atoms with Crippen molar-refractivity contribution in [2.75, 3.05) is 7.11 Å². The second-order valence-electron chi connectivity index (χ2n) is 6.09. The molecule has 0 fully saturated rings. The summed E-state index contributed by atoms with van der Waals surface area (Å²) in [6.45, 7) is 8.60. The van der Waals surface area contributed by atoms with Gasteiger partial charge in [0.25, 0.3) is 0 Å². The number of methoxy groups -OCH3 is 1. The van der Waals surface area contributed by atoms with E-state index in [9.17, 15) is 4.39 Å². The first kappa shape index (κ1) is 17.2. The van der Waals surface area contributed by atoms with Crippen molar-refractivity contribution in [2.45, 2.75) is 26.7 Å². The van der Waals surface area contributed by atoms with Crippen molar-refractivity contribution in [3.8, 4) is 17.2 Å². The van der Waals surface area contributed by atoms with Gasteiger partial charge in [0.05, 0.1) is 7.11 Å². The third kappa shape index (κ3) is 3.29. The maximum Gasteiger partial charge on any atom is 0.227 e. The molecule has 0 aliphatic carbocycles. The molecule has 3 nitrogen and oxygen atoms in total. The average molecular weight is 339 g/mol. The number of rotatable bonds is 6. The lowest BCUT2D eigenvalue weighted by Gasteiger charge is -2.15. The van der Waals surface area contributed by atoms with E-state index in [1.807, 2.05) is 18.2 Å². The Hall–Kier alpha value is -2.62. The molecule has 4 heteroatoms. The Morgan fingerprint density at radius 3 is 2.64 bits per heavy atom. The van der Waals surface area contributed by atoms with Gasteiger partial charge in [-0.3, -0.25) is 0 Å². The fraction of sp³-hybridized carbons (Fsp3) is 0.286. The Kier molecular flexibility index (Phi) is 4.88. The zero-order chi connectivity index (χ0) is 18.0. The first-order valence-corrected chi connectivity index (χ1v) is 8.51. The monoisotopic (exact) mass is 339 g/mol. The van der Waals surface area contributed by atoms with Gasteiger partial charge in [0.2, 0.25) is 5.89 Å². The van der Waals surface area contributed by atoms with Crippen molar-refractivity contribution >= 4 is 16.7 Å². The van der Waals surface area contributed by atoms with Gasteiger partial charge in [-0.25, -0.2) is 9.37 Å². The highest BCUT2D eigenvalue weighted by Gasteiger charge is 2.14. The molecule has 0 amide bonds. The first-order chi connectivity index (χ1) is 12.1. The molecule has 0 unspecified atom stereocenters. The fourth-order valence-corrected chi connectivity index (χ4v) is 3.06. The van der Waals surface area contributed by atoms with Gasteiger partial charge in [-0.05, 0) is 60.2 Å². The molecule has 3 aromatic rings. The summed E-state index contributed by atoms with van der Waals surface area (Å²) < 4.78 is 24.5. The van der Waals surface area contributed by atoms with Crippen molar-refractivity contribution in [1.82, 2.24) is 4.98 Å². The molecule has 1 heterocycles. The summed E-state index contributed by atoms with van der Waals surface area (Å²) in [5, 5.41) is 0. The minimum absolute atomic E-state index is 0.169. The molecule has 0 bridgehead atoms. The van der Waals surface area contributed by atoms with Crippen LogP contribution in [-0.2, 0) is 0 Å². The summed E-state index contributed by atoms with van der Waals surface area (Å²) in [6, 6.07) is 10.5. The lowest BCUT2D eigenvalue weighted by molar-refractivity contribution is 0.386. The molecule has 0 saturated heterocycles. The molecule has 0 aliphatic heterocycles. The summed E-state index contributed by atoms with van der Waals surface area (Å²) in [6.07, 6.45) is 2.12. The van der Waals surface area contributed by atoms with E-state index in [-0.39, 0.29) is 5.75 Å². The highest BCUT2D eigenvalue weighted by molar-refractivity contribution is 5.81. The van der Waals surface area contributed by atoms with Crippen LogP contribution in [0.4, 0.5) is 4.39 Å².